The third kappa shape index (κ3) is 2.46. The lowest BCUT2D eigenvalue weighted by Gasteiger charge is -2.19. The molecular weight excluding hydrogens is 190 g/mol. The highest BCUT2D eigenvalue weighted by atomic mass is 16.2. The third-order valence-corrected chi connectivity index (χ3v) is 2.39. The molecule has 1 heterocycles. The molecule has 0 bridgehead atoms. The summed E-state index contributed by atoms with van der Waals surface area (Å²) in [6.45, 7) is 7.12. The zero-order chi connectivity index (χ0) is 11.4. The second-order valence-corrected chi connectivity index (χ2v) is 3.38. The first-order valence-corrected chi connectivity index (χ1v) is 5.11. The lowest BCUT2D eigenvalue weighted by atomic mass is 10.1. The number of carbonyl (C=O) groups excluding carboxylic acids is 1. The highest BCUT2D eigenvalue weighted by Crippen LogP contribution is 2.12. The number of pyridine rings is 1. The summed E-state index contributed by atoms with van der Waals surface area (Å²) < 4.78 is 0. The topological polar surface area (TPSA) is 59.2 Å². The summed E-state index contributed by atoms with van der Waals surface area (Å²) in [4.78, 5) is 17.8. The van der Waals surface area contributed by atoms with Crippen molar-refractivity contribution in [3.63, 3.8) is 0 Å². The summed E-state index contributed by atoms with van der Waals surface area (Å²) in [5.41, 5.74) is 7.46. The molecule has 0 aliphatic rings. The summed E-state index contributed by atoms with van der Waals surface area (Å²) >= 11 is 0. The Labute approximate surface area is 90.1 Å². The largest absolute Gasteiger partial charge is 0.397 e. The van der Waals surface area contributed by atoms with Crippen LogP contribution in [0.1, 0.15) is 29.9 Å². The maximum Gasteiger partial charge on any atom is 0.255 e. The first-order chi connectivity index (χ1) is 7.10. The van der Waals surface area contributed by atoms with E-state index in [2.05, 4.69) is 4.98 Å². The van der Waals surface area contributed by atoms with Gasteiger partial charge >= 0.3 is 0 Å². The van der Waals surface area contributed by atoms with E-state index in [1.165, 1.54) is 0 Å². The Morgan fingerprint density at radius 3 is 2.60 bits per heavy atom. The number of nitrogens with two attached hydrogens (primary N) is 1. The molecular formula is C11H17N3O. The molecule has 0 aromatic carbocycles. The lowest BCUT2D eigenvalue weighted by molar-refractivity contribution is 0.0772. The molecule has 0 unspecified atom stereocenters. The molecule has 15 heavy (non-hydrogen) atoms. The Hall–Kier alpha value is -1.58. The summed E-state index contributed by atoms with van der Waals surface area (Å²) in [7, 11) is 0. The van der Waals surface area contributed by atoms with Gasteiger partial charge in [0.25, 0.3) is 5.91 Å². The second kappa shape index (κ2) is 4.77. The van der Waals surface area contributed by atoms with E-state index in [0.29, 0.717) is 24.3 Å². The van der Waals surface area contributed by atoms with Crippen molar-refractivity contribution in [3.05, 3.63) is 23.5 Å². The van der Waals surface area contributed by atoms with E-state index in [0.717, 1.165) is 5.69 Å². The molecule has 0 aliphatic heterocycles. The molecule has 82 valence electrons. The number of aromatic nitrogens is 1. The Balaban J connectivity index is 3.04. The smallest absolute Gasteiger partial charge is 0.255 e. The van der Waals surface area contributed by atoms with Crippen LogP contribution in [0.3, 0.4) is 0 Å². The normalized spacial score (nSPS) is 10.1. The van der Waals surface area contributed by atoms with Crippen LogP contribution in [0.15, 0.2) is 12.3 Å². The zero-order valence-corrected chi connectivity index (χ0v) is 9.45. The minimum absolute atomic E-state index is 0.00250. The molecule has 4 nitrogen and oxygen atoms in total. The van der Waals surface area contributed by atoms with Crippen molar-refractivity contribution in [3.8, 4) is 0 Å². The summed E-state index contributed by atoms with van der Waals surface area (Å²) in [6, 6.07) is 1.68. The van der Waals surface area contributed by atoms with Crippen LogP contribution < -0.4 is 5.73 Å². The van der Waals surface area contributed by atoms with Gasteiger partial charge in [-0.15, -0.1) is 0 Å². The fourth-order valence-electron chi connectivity index (χ4n) is 1.45. The van der Waals surface area contributed by atoms with Gasteiger partial charge in [-0.3, -0.25) is 9.78 Å². The van der Waals surface area contributed by atoms with E-state index in [-0.39, 0.29) is 5.91 Å². The minimum atomic E-state index is -0.00250. The summed E-state index contributed by atoms with van der Waals surface area (Å²) in [5, 5.41) is 0. The highest BCUT2D eigenvalue weighted by molar-refractivity contribution is 5.95. The number of rotatable bonds is 3. The van der Waals surface area contributed by atoms with Gasteiger partial charge in [0.05, 0.1) is 23.1 Å². The van der Waals surface area contributed by atoms with Gasteiger partial charge in [-0.2, -0.15) is 0 Å². The molecule has 0 saturated carbocycles. The average Bonchev–Trinajstić information content (AvgIpc) is 2.23. The minimum Gasteiger partial charge on any atom is -0.397 e. The van der Waals surface area contributed by atoms with Crippen molar-refractivity contribution in [1.29, 1.82) is 0 Å². The van der Waals surface area contributed by atoms with E-state index >= 15 is 0 Å². The summed E-state index contributed by atoms with van der Waals surface area (Å²) in [5.74, 6) is -0.00250. The monoisotopic (exact) mass is 207 g/mol. The lowest BCUT2D eigenvalue weighted by Crippen LogP contribution is -2.31. The van der Waals surface area contributed by atoms with Crippen molar-refractivity contribution in [2.75, 3.05) is 18.8 Å². The number of carbonyl (C=O) groups is 1. The molecule has 1 amide bonds. The van der Waals surface area contributed by atoms with E-state index in [9.17, 15) is 4.79 Å². The molecule has 0 aliphatic carbocycles. The van der Waals surface area contributed by atoms with Gasteiger partial charge < -0.3 is 10.6 Å². The Morgan fingerprint density at radius 2 is 2.07 bits per heavy atom. The Kier molecular flexibility index (Phi) is 3.66. The maximum atomic E-state index is 12.0. The van der Waals surface area contributed by atoms with Crippen LogP contribution in [0.25, 0.3) is 0 Å². The van der Waals surface area contributed by atoms with Crippen LogP contribution >= 0.6 is 0 Å². The van der Waals surface area contributed by atoms with Crippen LogP contribution in [0.2, 0.25) is 0 Å². The zero-order valence-electron chi connectivity index (χ0n) is 9.45. The van der Waals surface area contributed by atoms with Crippen molar-refractivity contribution in [2.24, 2.45) is 0 Å². The number of aryl methyl sites for hydroxylation is 1. The van der Waals surface area contributed by atoms with Gasteiger partial charge in [0, 0.05) is 13.1 Å². The number of nitrogens with zero attached hydrogens (tertiary/aromatic N) is 2. The predicted octanol–water partition coefficient (Wildman–Crippen LogP) is 1.45. The van der Waals surface area contributed by atoms with Gasteiger partial charge in [-0.25, -0.2) is 0 Å². The fourth-order valence-corrected chi connectivity index (χ4v) is 1.45. The van der Waals surface area contributed by atoms with Gasteiger partial charge in [-0.05, 0) is 26.8 Å². The van der Waals surface area contributed by atoms with Gasteiger partial charge in [0.1, 0.15) is 0 Å². The second-order valence-electron chi connectivity index (χ2n) is 3.38. The van der Waals surface area contributed by atoms with Crippen molar-refractivity contribution >= 4 is 11.6 Å². The molecule has 1 aromatic heterocycles. The first-order valence-electron chi connectivity index (χ1n) is 5.11. The molecule has 0 spiro atoms. The van der Waals surface area contributed by atoms with Gasteiger partial charge in [0.2, 0.25) is 0 Å². The first kappa shape index (κ1) is 11.5. The van der Waals surface area contributed by atoms with Crippen LogP contribution in [0.5, 0.6) is 0 Å². The van der Waals surface area contributed by atoms with E-state index in [4.69, 9.17) is 5.73 Å². The van der Waals surface area contributed by atoms with Crippen molar-refractivity contribution in [1.82, 2.24) is 9.88 Å². The van der Waals surface area contributed by atoms with Crippen molar-refractivity contribution < 1.29 is 4.79 Å². The van der Waals surface area contributed by atoms with E-state index in [1.807, 2.05) is 20.8 Å². The molecule has 1 aromatic rings. The average molecular weight is 207 g/mol. The highest BCUT2D eigenvalue weighted by Gasteiger charge is 2.15. The van der Waals surface area contributed by atoms with Crippen molar-refractivity contribution in [2.45, 2.75) is 20.8 Å². The Morgan fingerprint density at radius 1 is 1.47 bits per heavy atom. The Bertz CT molecular complexity index is 359. The quantitative estimate of drug-likeness (QED) is 0.816. The van der Waals surface area contributed by atoms with Gasteiger partial charge in [-0.1, -0.05) is 0 Å². The van der Waals surface area contributed by atoms with Crippen LogP contribution in [0, 0.1) is 6.92 Å². The molecule has 4 heteroatoms. The predicted molar refractivity (Wildman–Crippen MR) is 60.6 cm³/mol. The molecule has 0 fully saturated rings. The van der Waals surface area contributed by atoms with Crippen LogP contribution in [-0.2, 0) is 0 Å². The number of hydrogen-bond donors (Lipinski definition) is 1. The third-order valence-electron chi connectivity index (χ3n) is 2.39. The number of nitrogen functional groups attached to an aromatic ring is 1. The number of amides is 1. The van der Waals surface area contributed by atoms with Crippen LogP contribution in [-0.4, -0.2) is 28.9 Å². The van der Waals surface area contributed by atoms with Crippen LogP contribution in [0.4, 0.5) is 5.69 Å². The SMILES string of the molecule is CCN(CC)C(=O)c1cc(N)cnc1C. The van der Waals surface area contributed by atoms with Gasteiger partial charge in [0.15, 0.2) is 0 Å². The summed E-state index contributed by atoms with van der Waals surface area (Å²) in [6.07, 6.45) is 1.56. The standard InChI is InChI=1S/C11H17N3O/c1-4-14(5-2)11(15)10-6-9(12)7-13-8(10)3/h6-7H,4-5,12H2,1-3H3. The molecule has 2 N–H and O–H groups in total. The molecule has 1 rings (SSSR count). The molecule has 0 radical (unpaired) electrons. The number of anilines is 1. The van der Waals surface area contributed by atoms with E-state index < -0.39 is 0 Å². The van der Waals surface area contributed by atoms with E-state index in [1.54, 1.807) is 17.2 Å². The maximum absolute atomic E-state index is 12.0. The fraction of sp³-hybridized carbons (Fsp3) is 0.455. The molecule has 0 atom stereocenters. The molecule has 0 saturated heterocycles. The number of hydrogen-bond acceptors (Lipinski definition) is 3.